The van der Waals surface area contributed by atoms with E-state index in [4.69, 9.17) is 5.73 Å². The Bertz CT molecular complexity index is 640. The zero-order valence-corrected chi connectivity index (χ0v) is 11.1. The second-order valence-corrected chi connectivity index (χ2v) is 4.64. The molecule has 0 aromatic heterocycles. The van der Waals surface area contributed by atoms with Crippen LogP contribution in [0.4, 0.5) is 20.2 Å². The van der Waals surface area contributed by atoms with Crippen LogP contribution < -0.4 is 11.1 Å². The van der Waals surface area contributed by atoms with Crippen LogP contribution >= 0.6 is 0 Å². The lowest BCUT2D eigenvalue weighted by atomic mass is 10.1. The van der Waals surface area contributed by atoms with Crippen molar-refractivity contribution in [3.8, 4) is 0 Å². The van der Waals surface area contributed by atoms with Gasteiger partial charge in [0.1, 0.15) is 11.6 Å². The SMILES string of the molecule is Cc1cc(F)cc(NC(=O)c2cc(N)c(C)c(F)c2)c1. The van der Waals surface area contributed by atoms with Gasteiger partial charge >= 0.3 is 0 Å². The average molecular weight is 276 g/mol. The minimum atomic E-state index is -0.550. The summed E-state index contributed by atoms with van der Waals surface area (Å²) in [4.78, 5) is 12.0. The fraction of sp³-hybridized carbons (Fsp3) is 0.133. The average Bonchev–Trinajstić information content (AvgIpc) is 2.33. The van der Waals surface area contributed by atoms with E-state index in [1.807, 2.05) is 0 Å². The molecule has 5 heteroatoms. The number of anilines is 2. The van der Waals surface area contributed by atoms with Crippen LogP contribution in [0.15, 0.2) is 30.3 Å². The van der Waals surface area contributed by atoms with E-state index in [0.29, 0.717) is 16.8 Å². The first-order valence-corrected chi connectivity index (χ1v) is 6.01. The van der Waals surface area contributed by atoms with Crippen LogP contribution in [-0.2, 0) is 0 Å². The van der Waals surface area contributed by atoms with Gasteiger partial charge in [0.25, 0.3) is 5.91 Å². The van der Waals surface area contributed by atoms with Crippen molar-refractivity contribution in [3.05, 3.63) is 58.7 Å². The van der Waals surface area contributed by atoms with Crippen molar-refractivity contribution >= 4 is 17.3 Å². The molecule has 0 radical (unpaired) electrons. The Labute approximate surface area is 115 Å². The Balaban J connectivity index is 2.28. The van der Waals surface area contributed by atoms with Gasteiger partial charge in [-0.25, -0.2) is 8.78 Å². The quantitative estimate of drug-likeness (QED) is 0.826. The second-order valence-electron chi connectivity index (χ2n) is 4.64. The Hall–Kier alpha value is -2.43. The third-order valence-electron chi connectivity index (χ3n) is 2.95. The van der Waals surface area contributed by atoms with Crippen molar-refractivity contribution in [2.45, 2.75) is 13.8 Å². The van der Waals surface area contributed by atoms with Crippen LogP contribution in [0.25, 0.3) is 0 Å². The number of benzene rings is 2. The van der Waals surface area contributed by atoms with Gasteiger partial charge in [0.2, 0.25) is 0 Å². The summed E-state index contributed by atoms with van der Waals surface area (Å²) in [5, 5.41) is 2.51. The molecule has 2 aromatic rings. The standard InChI is InChI=1S/C15H14F2N2O/c1-8-3-11(16)7-12(4-8)19-15(20)10-5-13(17)9(2)14(18)6-10/h3-7H,18H2,1-2H3,(H,19,20). The van der Waals surface area contributed by atoms with Gasteiger partial charge in [-0.1, -0.05) is 0 Å². The van der Waals surface area contributed by atoms with E-state index in [2.05, 4.69) is 5.32 Å². The number of nitrogen functional groups attached to an aromatic ring is 1. The molecule has 0 aliphatic rings. The molecule has 1 amide bonds. The molecule has 0 saturated heterocycles. The second kappa shape index (κ2) is 5.28. The van der Waals surface area contributed by atoms with Gasteiger partial charge in [-0.3, -0.25) is 4.79 Å². The summed E-state index contributed by atoms with van der Waals surface area (Å²) in [5.74, 6) is -1.54. The van der Waals surface area contributed by atoms with Crippen LogP contribution in [0.2, 0.25) is 0 Å². The highest BCUT2D eigenvalue weighted by Gasteiger charge is 2.12. The molecular formula is C15H14F2N2O. The molecule has 2 rings (SSSR count). The van der Waals surface area contributed by atoms with E-state index in [-0.39, 0.29) is 11.3 Å². The first kappa shape index (κ1) is 14.0. The predicted molar refractivity (Wildman–Crippen MR) is 74.6 cm³/mol. The largest absolute Gasteiger partial charge is 0.398 e. The van der Waals surface area contributed by atoms with Crippen molar-refractivity contribution in [1.29, 1.82) is 0 Å². The zero-order valence-electron chi connectivity index (χ0n) is 11.1. The van der Waals surface area contributed by atoms with Crippen molar-refractivity contribution < 1.29 is 13.6 Å². The van der Waals surface area contributed by atoms with Crippen molar-refractivity contribution in [2.75, 3.05) is 11.1 Å². The van der Waals surface area contributed by atoms with Crippen LogP contribution in [0.3, 0.4) is 0 Å². The van der Waals surface area contributed by atoms with Crippen molar-refractivity contribution in [1.82, 2.24) is 0 Å². The highest BCUT2D eigenvalue weighted by molar-refractivity contribution is 6.04. The van der Waals surface area contributed by atoms with E-state index in [1.54, 1.807) is 13.0 Å². The molecule has 0 aliphatic heterocycles. The molecule has 0 fully saturated rings. The zero-order chi connectivity index (χ0) is 14.9. The predicted octanol–water partition coefficient (Wildman–Crippen LogP) is 3.42. The molecule has 20 heavy (non-hydrogen) atoms. The maximum Gasteiger partial charge on any atom is 0.255 e. The summed E-state index contributed by atoms with van der Waals surface area (Å²) in [6, 6.07) is 6.65. The maximum atomic E-state index is 13.5. The molecule has 3 nitrogen and oxygen atoms in total. The number of hydrogen-bond donors (Lipinski definition) is 2. The number of nitrogens with one attached hydrogen (secondary N) is 1. The van der Waals surface area contributed by atoms with Gasteiger partial charge in [0, 0.05) is 22.5 Å². The molecule has 0 saturated carbocycles. The lowest BCUT2D eigenvalue weighted by Crippen LogP contribution is -2.13. The first-order chi connectivity index (χ1) is 9.36. The van der Waals surface area contributed by atoms with Gasteiger partial charge in [0.15, 0.2) is 0 Å². The van der Waals surface area contributed by atoms with Crippen molar-refractivity contribution in [3.63, 3.8) is 0 Å². The topological polar surface area (TPSA) is 55.1 Å². The molecule has 3 N–H and O–H groups in total. The lowest BCUT2D eigenvalue weighted by molar-refractivity contribution is 0.102. The molecule has 0 aliphatic carbocycles. The third kappa shape index (κ3) is 2.93. The van der Waals surface area contributed by atoms with Gasteiger partial charge in [-0.2, -0.15) is 0 Å². The molecular weight excluding hydrogens is 262 g/mol. The summed E-state index contributed by atoms with van der Waals surface area (Å²) in [6.07, 6.45) is 0. The fourth-order valence-electron chi connectivity index (χ4n) is 1.84. The Morgan fingerprint density at radius 2 is 1.80 bits per heavy atom. The smallest absolute Gasteiger partial charge is 0.255 e. The summed E-state index contributed by atoms with van der Waals surface area (Å²) >= 11 is 0. The number of halogens is 2. The summed E-state index contributed by atoms with van der Waals surface area (Å²) in [5.41, 5.74) is 7.19. The number of aryl methyl sites for hydroxylation is 1. The molecule has 104 valence electrons. The summed E-state index contributed by atoms with van der Waals surface area (Å²) in [7, 11) is 0. The Kier molecular flexibility index (Phi) is 3.70. The minimum absolute atomic E-state index is 0.0903. The van der Waals surface area contributed by atoms with Gasteiger partial charge < -0.3 is 11.1 Å². The van der Waals surface area contributed by atoms with Crippen LogP contribution in [-0.4, -0.2) is 5.91 Å². The van der Waals surface area contributed by atoms with Crippen LogP contribution in [0, 0.1) is 25.5 Å². The molecule has 0 heterocycles. The van der Waals surface area contributed by atoms with E-state index in [0.717, 1.165) is 6.07 Å². The number of carbonyl (C=O) groups excluding carboxylic acids is 1. The monoisotopic (exact) mass is 276 g/mol. The summed E-state index contributed by atoms with van der Waals surface area (Å²) < 4.78 is 26.8. The molecule has 0 unspecified atom stereocenters. The number of rotatable bonds is 2. The van der Waals surface area contributed by atoms with E-state index in [1.165, 1.54) is 25.1 Å². The van der Waals surface area contributed by atoms with Gasteiger partial charge in [-0.05, 0) is 49.7 Å². The summed E-state index contributed by atoms with van der Waals surface area (Å²) in [6.45, 7) is 3.24. The number of nitrogens with two attached hydrogens (primary N) is 1. The highest BCUT2D eigenvalue weighted by atomic mass is 19.1. The minimum Gasteiger partial charge on any atom is -0.398 e. The van der Waals surface area contributed by atoms with Gasteiger partial charge in [0.05, 0.1) is 0 Å². The first-order valence-electron chi connectivity index (χ1n) is 6.01. The number of hydrogen-bond acceptors (Lipinski definition) is 2. The molecule has 0 atom stereocenters. The highest BCUT2D eigenvalue weighted by Crippen LogP contribution is 2.19. The fourth-order valence-corrected chi connectivity index (χ4v) is 1.84. The number of amides is 1. The van der Waals surface area contributed by atoms with E-state index in [9.17, 15) is 13.6 Å². The Morgan fingerprint density at radius 1 is 1.10 bits per heavy atom. The van der Waals surface area contributed by atoms with Crippen LogP contribution in [0.5, 0.6) is 0 Å². The Morgan fingerprint density at radius 3 is 2.40 bits per heavy atom. The molecule has 0 spiro atoms. The number of carbonyl (C=O) groups is 1. The maximum absolute atomic E-state index is 13.5. The molecule has 2 aromatic carbocycles. The normalized spacial score (nSPS) is 10.4. The van der Waals surface area contributed by atoms with E-state index < -0.39 is 17.5 Å². The lowest BCUT2D eigenvalue weighted by Gasteiger charge is -2.09. The third-order valence-corrected chi connectivity index (χ3v) is 2.95. The van der Waals surface area contributed by atoms with Gasteiger partial charge in [-0.15, -0.1) is 0 Å². The van der Waals surface area contributed by atoms with Crippen LogP contribution in [0.1, 0.15) is 21.5 Å². The molecule has 0 bridgehead atoms. The van der Waals surface area contributed by atoms with Crippen molar-refractivity contribution in [2.24, 2.45) is 0 Å². The van der Waals surface area contributed by atoms with E-state index >= 15 is 0 Å².